The lowest BCUT2D eigenvalue weighted by Crippen LogP contribution is -2.11. The zero-order chi connectivity index (χ0) is 10.8. The predicted molar refractivity (Wildman–Crippen MR) is 59.1 cm³/mol. The van der Waals surface area contributed by atoms with E-state index in [0.717, 1.165) is 12.8 Å². The van der Waals surface area contributed by atoms with Crippen LogP contribution >= 0.6 is 0 Å². The minimum Gasteiger partial charge on any atom is -0.207 e. The molecular weight excluding hydrogens is 175 g/mol. The van der Waals surface area contributed by atoms with Crippen molar-refractivity contribution in [2.24, 2.45) is 0 Å². The third kappa shape index (κ3) is 1.97. The Labute approximate surface area is 86.2 Å². The summed E-state index contributed by atoms with van der Waals surface area (Å²) in [4.78, 5) is 0. The van der Waals surface area contributed by atoms with E-state index < -0.39 is 0 Å². The molecule has 0 N–H and O–H groups in total. The van der Waals surface area contributed by atoms with Gasteiger partial charge in [0.25, 0.3) is 0 Å². The highest BCUT2D eigenvalue weighted by atomic mass is 19.1. The van der Waals surface area contributed by atoms with Gasteiger partial charge in [-0.05, 0) is 41.5 Å². The molecule has 2 rings (SSSR count). The third-order valence-electron chi connectivity index (χ3n) is 2.82. The second-order valence-corrected chi connectivity index (χ2v) is 4.19. The van der Waals surface area contributed by atoms with Gasteiger partial charge in [0.2, 0.25) is 0 Å². The highest BCUT2D eigenvalue weighted by Gasteiger charge is 2.29. The largest absolute Gasteiger partial charge is 0.207 e. The van der Waals surface area contributed by atoms with Gasteiger partial charge in [0.15, 0.2) is 0 Å². The molecule has 0 aromatic heterocycles. The molecule has 14 heavy (non-hydrogen) atoms. The van der Waals surface area contributed by atoms with Crippen LogP contribution in [0.3, 0.4) is 0 Å². The molecule has 1 heteroatoms. The van der Waals surface area contributed by atoms with E-state index in [2.05, 4.69) is 13.8 Å². The monoisotopic (exact) mass is 194 g/mol. The van der Waals surface area contributed by atoms with Gasteiger partial charge in [-0.15, -0.1) is 0 Å². The van der Waals surface area contributed by atoms with Crippen molar-refractivity contribution >= 4 is 0 Å². The predicted octanol–water partition coefficient (Wildman–Crippen LogP) is 4.08. The highest BCUT2D eigenvalue weighted by Crippen LogP contribution is 2.38. The molecule has 0 radical (unpaired) electrons. The Balaban J connectivity index is 0.000000461. The smallest absolute Gasteiger partial charge is 0.123 e. The minimum atomic E-state index is -0.105. The van der Waals surface area contributed by atoms with Crippen LogP contribution in [0, 0.1) is 5.82 Å². The molecule has 0 saturated heterocycles. The first kappa shape index (κ1) is 11.2. The van der Waals surface area contributed by atoms with Crippen molar-refractivity contribution in [3.05, 3.63) is 35.1 Å². The van der Waals surface area contributed by atoms with Crippen LogP contribution in [0.25, 0.3) is 0 Å². The maximum absolute atomic E-state index is 12.8. The van der Waals surface area contributed by atoms with Crippen LogP contribution in [-0.4, -0.2) is 0 Å². The summed E-state index contributed by atoms with van der Waals surface area (Å²) < 4.78 is 12.8. The van der Waals surface area contributed by atoms with E-state index in [9.17, 15) is 4.39 Å². The molecule has 0 unspecified atom stereocenters. The van der Waals surface area contributed by atoms with E-state index >= 15 is 0 Å². The average molecular weight is 194 g/mol. The van der Waals surface area contributed by atoms with Crippen LogP contribution in [0.15, 0.2) is 18.2 Å². The lowest BCUT2D eigenvalue weighted by atomic mass is 9.87. The number of fused-ring (bicyclic) bond motifs is 1. The normalized spacial score (nSPS) is 16.9. The summed E-state index contributed by atoms with van der Waals surface area (Å²) in [6.07, 6.45) is 2.17. The summed E-state index contributed by atoms with van der Waals surface area (Å²) >= 11 is 0. The highest BCUT2D eigenvalue weighted by molar-refractivity contribution is 5.38. The number of rotatable bonds is 0. The fourth-order valence-electron chi connectivity index (χ4n) is 2.01. The van der Waals surface area contributed by atoms with Crippen LogP contribution in [-0.2, 0) is 11.8 Å². The standard InChI is InChI=1S/C11H13F.C2H6/c1-11(2)6-5-8-7-9(12)3-4-10(8)11;1-2/h3-4,7H,5-6H2,1-2H3;1-2H3. The van der Waals surface area contributed by atoms with Crippen molar-refractivity contribution in [2.45, 2.75) is 46.0 Å². The maximum Gasteiger partial charge on any atom is 0.123 e. The van der Waals surface area contributed by atoms with Gasteiger partial charge in [0, 0.05) is 0 Å². The molecule has 0 heterocycles. The average Bonchev–Trinajstić information content (AvgIpc) is 2.45. The molecule has 1 aliphatic rings. The van der Waals surface area contributed by atoms with E-state index in [-0.39, 0.29) is 11.2 Å². The molecule has 78 valence electrons. The van der Waals surface area contributed by atoms with E-state index in [0.29, 0.717) is 0 Å². The Hall–Kier alpha value is -0.850. The van der Waals surface area contributed by atoms with Gasteiger partial charge in [0.05, 0.1) is 0 Å². The van der Waals surface area contributed by atoms with Crippen molar-refractivity contribution in [1.29, 1.82) is 0 Å². The second-order valence-electron chi connectivity index (χ2n) is 4.19. The molecule has 0 atom stereocenters. The van der Waals surface area contributed by atoms with Crippen molar-refractivity contribution in [3.8, 4) is 0 Å². The Kier molecular flexibility index (Phi) is 3.30. The van der Waals surface area contributed by atoms with E-state index in [4.69, 9.17) is 0 Å². The number of benzene rings is 1. The molecule has 1 aromatic carbocycles. The van der Waals surface area contributed by atoms with E-state index in [1.807, 2.05) is 19.9 Å². The van der Waals surface area contributed by atoms with Gasteiger partial charge in [0.1, 0.15) is 5.82 Å². The molecule has 1 aromatic rings. The summed E-state index contributed by atoms with van der Waals surface area (Å²) in [6.45, 7) is 8.44. The lowest BCUT2D eigenvalue weighted by Gasteiger charge is -2.18. The van der Waals surface area contributed by atoms with Crippen molar-refractivity contribution < 1.29 is 4.39 Å². The Morgan fingerprint density at radius 2 is 1.86 bits per heavy atom. The van der Waals surface area contributed by atoms with Gasteiger partial charge in [-0.3, -0.25) is 0 Å². The molecule has 0 bridgehead atoms. The van der Waals surface area contributed by atoms with Crippen molar-refractivity contribution in [1.82, 2.24) is 0 Å². The number of hydrogen-bond acceptors (Lipinski definition) is 0. The molecule has 0 spiro atoms. The minimum absolute atomic E-state index is 0.105. The van der Waals surface area contributed by atoms with Crippen LogP contribution in [0.4, 0.5) is 4.39 Å². The molecule has 0 nitrogen and oxygen atoms in total. The molecule has 1 aliphatic carbocycles. The third-order valence-corrected chi connectivity index (χ3v) is 2.82. The summed E-state index contributed by atoms with van der Waals surface area (Å²) in [5, 5.41) is 0. The Morgan fingerprint density at radius 3 is 2.50 bits per heavy atom. The van der Waals surface area contributed by atoms with Crippen LogP contribution < -0.4 is 0 Å². The maximum atomic E-state index is 12.8. The van der Waals surface area contributed by atoms with Crippen LogP contribution in [0.2, 0.25) is 0 Å². The molecule has 0 saturated carbocycles. The number of halogens is 1. The zero-order valence-corrected chi connectivity index (χ0v) is 9.52. The zero-order valence-electron chi connectivity index (χ0n) is 9.52. The molecule has 0 aliphatic heterocycles. The first-order chi connectivity index (χ1) is 6.59. The van der Waals surface area contributed by atoms with Crippen LogP contribution in [0.1, 0.15) is 45.2 Å². The molecular formula is C13H19F. The van der Waals surface area contributed by atoms with Gasteiger partial charge in [-0.25, -0.2) is 4.39 Å². The quantitative estimate of drug-likeness (QED) is 0.584. The van der Waals surface area contributed by atoms with Crippen LogP contribution in [0.5, 0.6) is 0 Å². The number of aryl methyl sites for hydroxylation is 1. The SMILES string of the molecule is CC.CC1(C)CCc2cc(F)ccc21. The van der Waals surface area contributed by atoms with Gasteiger partial charge < -0.3 is 0 Å². The summed E-state index contributed by atoms with van der Waals surface area (Å²) in [7, 11) is 0. The van der Waals surface area contributed by atoms with Gasteiger partial charge in [-0.2, -0.15) is 0 Å². The molecule has 0 fully saturated rings. The first-order valence-electron chi connectivity index (χ1n) is 5.38. The summed E-state index contributed by atoms with van der Waals surface area (Å²) in [5.74, 6) is -0.105. The van der Waals surface area contributed by atoms with Gasteiger partial charge in [-0.1, -0.05) is 33.8 Å². The fourth-order valence-corrected chi connectivity index (χ4v) is 2.01. The topological polar surface area (TPSA) is 0 Å². The lowest BCUT2D eigenvalue weighted by molar-refractivity contribution is 0.522. The Bertz CT molecular complexity index is 313. The number of hydrogen-bond donors (Lipinski definition) is 0. The van der Waals surface area contributed by atoms with E-state index in [1.165, 1.54) is 11.1 Å². The van der Waals surface area contributed by atoms with Crippen molar-refractivity contribution in [3.63, 3.8) is 0 Å². The van der Waals surface area contributed by atoms with Crippen molar-refractivity contribution in [2.75, 3.05) is 0 Å². The van der Waals surface area contributed by atoms with Gasteiger partial charge >= 0.3 is 0 Å². The van der Waals surface area contributed by atoms with E-state index in [1.54, 1.807) is 12.1 Å². The Morgan fingerprint density at radius 1 is 1.21 bits per heavy atom. The fraction of sp³-hybridized carbons (Fsp3) is 0.538. The summed E-state index contributed by atoms with van der Waals surface area (Å²) in [6, 6.07) is 5.16. The second kappa shape index (κ2) is 4.12. The first-order valence-corrected chi connectivity index (χ1v) is 5.38. The summed E-state index contributed by atoms with van der Waals surface area (Å²) in [5.41, 5.74) is 2.77. The molecule has 0 amide bonds.